The summed E-state index contributed by atoms with van der Waals surface area (Å²) in [4.78, 5) is 16.1. The minimum absolute atomic E-state index is 0.252. The van der Waals surface area contributed by atoms with Gasteiger partial charge in [-0.25, -0.2) is 0 Å². The predicted octanol–water partition coefficient (Wildman–Crippen LogP) is 1.88. The molecule has 0 aromatic carbocycles. The number of hydrogen-bond acceptors (Lipinski definition) is 4. The molecule has 0 rings (SSSR count). The number of hydrogen-bond donors (Lipinski definition) is 2. The lowest BCUT2D eigenvalue weighted by molar-refractivity contribution is -0.145. The highest BCUT2D eigenvalue weighted by atomic mass is 16.4. The Kier molecular flexibility index (Phi) is 9.83. The standard InChI is InChI=1S/C16H35N3O2/c1-7-10-17-16(4,15(20)21)13-14(3)19(8-2)12-9-11-18(5)6/h14,17H,7-13H2,1-6H3,(H,20,21). The molecule has 0 aliphatic carbocycles. The molecule has 0 spiro atoms. The minimum Gasteiger partial charge on any atom is -0.480 e. The van der Waals surface area contributed by atoms with Crippen molar-refractivity contribution in [2.24, 2.45) is 0 Å². The van der Waals surface area contributed by atoms with Crippen molar-refractivity contribution in [1.82, 2.24) is 15.1 Å². The summed E-state index contributed by atoms with van der Waals surface area (Å²) in [5.74, 6) is -0.757. The number of carbonyl (C=O) groups is 1. The van der Waals surface area contributed by atoms with Gasteiger partial charge in [0.05, 0.1) is 0 Å². The van der Waals surface area contributed by atoms with Gasteiger partial charge < -0.3 is 20.2 Å². The molecule has 0 aromatic rings. The average Bonchev–Trinajstić information content (AvgIpc) is 2.40. The molecule has 21 heavy (non-hydrogen) atoms. The maximum absolute atomic E-state index is 11.6. The fraction of sp³-hybridized carbons (Fsp3) is 0.938. The minimum atomic E-state index is -0.843. The Morgan fingerprint density at radius 3 is 2.33 bits per heavy atom. The smallest absolute Gasteiger partial charge is 0.323 e. The molecule has 0 aliphatic rings. The molecule has 0 saturated carbocycles. The van der Waals surface area contributed by atoms with Crippen molar-refractivity contribution >= 4 is 5.97 Å². The predicted molar refractivity (Wildman–Crippen MR) is 88.8 cm³/mol. The topological polar surface area (TPSA) is 55.8 Å². The fourth-order valence-electron chi connectivity index (χ4n) is 2.64. The average molecular weight is 301 g/mol. The first kappa shape index (κ1) is 20.3. The van der Waals surface area contributed by atoms with E-state index in [4.69, 9.17) is 0 Å². The zero-order valence-electron chi connectivity index (χ0n) is 14.8. The number of carboxylic acids is 1. The summed E-state index contributed by atoms with van der Waals surface area (Å²) < 4.78 is 0. The zero-order chi connectivity index (χ0) is 16.5. The molecule has 0 bridgehead atoms. The SMILES string of the molecule is CCCNC(C)(CC(C)N(CC)CCCN(C)C)C(=O)O. The van der Waals surface area contributed by atoms with Crippen molar-refractivity contribution in [2.45, 2.75) is 58.5 Å². The van der Waals surface area contributed by atoms with Crippen LogP contribution in [0, 0.1) is 0 Å². The van der Waals surface area contributed by atoms with Gasteiger partial charge in [0.15, 0.2) is 0 Å². The van der Waals surface area contributed by atoms with Crippen LogP contribution in [0.3, 0.4) is 0 Å². The normalized spacial score (nSPS) is 16.2. The van der Waals surface area contributed by atoms with E-state index in [-0.39, 0.29) is 6.04 Å². The summed E-state index contributed by atoms with van der Waals surface area (Å²) >= 11 is 0. The van der Waals surface area contributed by atoms with Crippen molar-refractivity contribution in [3.05, 3.63) is 0 Å². The number of nitrogens with zero attached hydrogens (tertiary/aromatic N) is 2. The summed E-state index contributed by atoms with van der Waals surface area (Å²) in [6.45, 7) is 11.9. The van der Waals surface area contributed by atoms with Crippen LogP contribution in [0.15, 0.2) is 0 Å². The summed E-state index contributed by atoms with van der Waals surface area (Å²) in [5, 5.41) is 12.7. The molecule has 0 heterocycles. The van der Waals surface area contributed by atoms with Crippen molar-refractivity contribution in [3.8, 4) is 0 Å². The lowest BCUT2D eigenvalue weighted by Gasteiger charge is -2.35. The van der Waals surface area contributed by atoms with Crippen LogP contribution in [0.1, 0.15) is 47.0 Å². The summed E-state index contributed by atoms with van der Waals surface area (Å²) in [5.41, 5.74) is -0.843. The van der Waals surface area contributed by atoms with Crippen LogP contribution >= 0.6 is 0 Å². The number of carboxylic acid groups (broad SMARTS) is 1. The molecule has 2 atom stereocenters. The third kappa shape index (κ3) is 7.79. The van der Waals surface area contributed by atoms with E-state index >= 15 is 0 Å². The van der Waals surface area contributed by atoms with E-state index in [9.17, 15) is 9.90 Å². The molecule has 0 aromatic heterocycles. The monoisotopic (exact) mass is 301 g/mol. The molecule has 0 aliphatic heterocycles. The molecule has 5 heteroatoms. The highest BCUT2D eigenvalue weighted by Gasteiger charge is 2.35. The van der Waals surface area contributed by atoms with Gasteiger partial charge in [-0.3, -0.25) is 4.79 Å². The summed E-state index contributed by atoms with van der Waals surface area (Å²) in [6, 6.07) is 0.252. The molecule has 2 N–H and O–H groups in total. The largest absolute Gasteiger partial charge is 0.480 e. The fourth-order valence-corrected chi connectivity index (χ4v) is 2.64. The first-order valence-corrected chi connectivity index (χ1v) is 8.14. The third-order valence-electron chi connectivity index (χ3n) is 4.02. The van der Waals surface area contributed by atoms with Gasteiger partial charge in [-0.1, -0.05) is 13.8 Å². The molecule has 5 nitrogen and oxygen atoms in total. The lowest BCUT2D eigenvalue weighted by atomic mass is 9.92. The van der Waals surface area contributed by atoms with Gasteiger partial charge in [-0.05, 0) is 73.4 Å². The Morgan fingerprint density at radius 1 is 1.29 bits per heavy atom. The van der Waals surface area contributed by atoms with Crippen LogP contribution in [0.2, 0.25) is 0 Å². The van der Waals surface area contributed by atoms with E-state index in [1.807, 2.05) is 0 Å². The second-order valence-electron chi connectivity index (χ2n) is 6.40. The van der Waals surface area contributed by atoms with Gasteiger partial charge in [-0.2, -0.15) is 0 Å². The third-order valence-corrected chi connectivity index (χ3v) is 4.02. The van der Waals surface area contributed by atoms with Gasteiger partial charge in [0, 0.05) is 6.04 Å². The van der Waals surface area contributed by atoms with Crippen LogP contribution < -0.4 is 5.32 Å². The first-order valence-electron chi connectivity index (χ1n) is 8.14. The molecular formula is C16H35N3O2. The zero-order valence-corrected chi connectivity index (χ0v) is 14.8. The molecule has 0 fully saturated rings. The van der Waals surface area contributed by atoms with Crippen LogP contribution in [0.25, 0.3) is 0 Å². The highest BCUT2D eigenvalue weighted by Crippen LogP contribution is 2.17. The van der Waals surface area contributed by atoms with Crippen LogP contribution in [0.4, 0.5) is 0 Å². The first-order chi connectivity index (χ1) is 9.76. The van der Waals surface area contributed by atoms with E-state index in [2.05, 4.69) is 50.0 Å². The number of aliphatic carboxylic acids is 1. The van der Waals surface area contributed by atoms with Gasteiger partial charge in [0.25, 0.3) is 0 Å². The van der Waals surface area contributed by atoms with Crippen molar-refractivity contribution in [2.75, 3.05) is 40.3 Å². The Labute approximate surface area is 130 Å². The van der Waals surface area contributed by atoms with E-state index in [0.717, 1.165) is 39.0 Å². The Bertz CT molecular complexity index is 297. The summed E-state index contributed by atoms with van der Waals surface area (Å²) in [6.07, 6.45) is 2.67. The van der Waals surface area contributed by atoms with Gasteiger partial charge in [-0.15, -0.1) is 0 Å². The Balaban J connectivity index is 4.55. The van der Waals surface area contributed by atoms with E-state index < -0.39 is 11.5 Å². The Morgan fingerprint density at radius 2 is 1.90 bits per heavy atom. The summed E-state index contributed by atoms with van der Waals surface area (Å²) in [7, 11) is 4.16. The van der Waals surface area contributed by atoms with Gasteiger partial charge in [0.2, 0.25) is 0 Å². The van der Waals surface area contributed by atoms with Crippen LogP contribution in [0.5, 0.6) is 0 Å². The number of rotatable bonds is 12. The second-order valence-corrected chi connectivity index (χ2v) is 6.40. The Hall–Kier alpha value is -0.650. The highest BCUT2D eigenvalue weighted by molar-refractivity contribution is 5.78. The van der Waals surface area contributed by atoms with E-state index in [1.165, 1.54) is 0 Å². The molecule has 0 amide bonds. The lowest BCUT2D eigenvalue weighted by Crippen LogP contribution is -2.53. The number of nitrogens with one attached hydrogen (secondary N) is 1. The molecule has 2 unspecified atom stereocenters. The van der Waals surface area contributed by atoms with Gasteiger partial charge >= 0.3 is 5.97 Å². The van der Waals surface area contributed by atoms with Crippen molar-refractivity contribution in [3.63, 3.8) is 0 Å². The molecule has 0 radical (unpaired) electrons. The second kappa shape index (κ2) is 10.1. The molecule has 0 saturated heterocycles. The van der Waals surface area contributed by atoms with E-state index in [0.29, 0.717) is 6.42 Å². The maximum Gasteiger partial charge on any atom is 0.323 e. The molecule has 126 valence electrons. The molecular weight excluding hydrogens is 266 g/mol. The maximum atomic E-state index is 11.6. The quantitative estimate of drug-likeness (QED) is 0.576. The van der Waals surface area contributed by atoms with Gasteiger partial charge in [0.1, 0.15) is 5.54 Å². The van der Waals surface area contributed by atoms with E-state index in [1.54, 1.807) is 6.92 Å². The van der Waals surface area contributed by atoms with Crippen LogP contribution in [-0.2, 0) is 4.79 Å². The van der Waals surface area contributed by atoms with Crippen molar-refractivity contribution in [1.29, 1.82) is 0 Å². The van der Waals surface area contributed by atoms with Crippen molar-refractivity contribution < 1.29 is 9.90 Å². The van der Waals surface area contributed by atoms with Crippen LogP contribution in [-0.4, -0.2) is 72.7 Å².